The molecule has 40 heavy (non-hydrogen) atoms. The summed E-state index contributed by atoms with van der Waals surface area (Å²) in [5.41, 5.74) is 3.65. The Balaban J connectivity index is 1.78. The summed E-state index contributed by atoms with van der Waals surface area (Å²) in [4.78, 5) is 29.6. The zero-order valence-corrected chi connectivity index (χ0v) is 24.2. The topological polar surface area (TPSA) is 112 Å². The Morgan fingerprint density at radius 2 is 1.80 bits per heavy atom. The Kier molecular flexibility index (Phi) is 8.76. The number of nitrogens with one attached hydrogen (secondary N) is 1. The maximum atomic E-state index is 13.3. The Labute approximate surface area is 238 Å². The van der Waals surface area contributed by atoms with E-state index in [4.69, 9.17) is 21.1 Å². The fraction of sp³-hybridized carbons (Fsp3) is 0.233. The zero-order chi connectivity index (χ0) is 29.0. The van der Waals surface area contributed by atoms with Crippen molar-refractivity contribution in [2.24, 2.45) is 0 Å². The molecular formula is C30H29ClN2O6S. The largest absolute Gasteiger partial charge is 0.492 e. The van der Waals surface area contributed by atoms with Crippen molar-refractivity contribution in [1.82, 2.24) is 9.71 Å². The van der Waals surface area contributed by atoms with Gasteiger partial charge >= 0.3 is 0 Å². The van der Waals surface area contributed by atoms with E-state index in [2.05, 4.69) is 4.98 Å². The normalized spacial score (nSPS) is 13.1. The highest BCUT2D eigenvalue weighted by Gasteiger charge is 2.29. The van der Waals surface area contributed by atoms with Crippen LogP contribution in [0.5, 0.6) is 17.4 Å². The number of hydrogen-bond acceptors (Lipinski definition) is 7. The average molecular weight is 581 g/mol. The second-order valence-corrected chi connectivity index (χ2v) is 11.5. The smallest absolute Gasteiger partial charge is 0.270 e. The molecular weight excluding hydrogens is 552 g/mol. The molecule has 2 aromatic carbocycles. The number of amides is 1. The van der Waals surface area contributed by atoms with Crippen molar-refractivity contribution in [3.05, 3.63) is 92.9 Å². The van der Waals surface area contributed by atoms with Crippen molar-refractivity contribution in [3.8, 4) is 28.6 Å². The number of sulfonamides is 1. The fourth-order valence-electron chi connectivity index (χ4n) is 4.26. The lowest BCUT2D eigenvalue weighted by Crippen LogP contribution is -2.34. The fourth-order valence-corrected chi connectivity index (χ4v) is 5.53. The van der Waals surface area contributed by atoms with E-state index < -0.39 is 26.6 Å². The first-order valence-electron chi connectivity index (χ1n) is 12.7. The molecule has 208 valence electrons. The molecule has 0 radical (unpaired) electrons. The predicted octanol–water partition coefficient (Wildman–Crippen LogP) is 6.38. The van der Waals surface area contributed by atoms with Gasteiger partial charge in [0.25, 0.3) is 15.9 Å². The van der Waals surface area contributed by atoms with E-state index in [1.165, 1.54) is 12.1 Å². The van der Waals surface area contributed by atoms with Gasteiger partial charge in [0.15, 0.2) is 5.78 Å². The number of ether oxygens (including phenoxy) is 2. The first-order chi connectivity index (χ1) is 19.0. The van der Waals surface area contributed by atoms with Gasteiger partial charge in [0, 0.05) is 12.0 Å². The molecule has 3 aromatic rings. The van der Waals surface area contributed by atoms with Gasteiger partial charge in [-0.15, -0.1) is 0 Å². The number of aromatic nitrogens is 1. The van der Waals surface area contributed by atoms with Gasteiger partial charge in [-0.25, -0.2) is 18.1 Å². The Morgan fingerprint density at radius 1 is 1.07 bits per heavy atom. The van der Waals surface area contributed by atoms with Gasteiger partial charge in [0.2, 0.25) is 5.88 Å². The molecule has 0 spiro atoms. The number of allylic oxidation sites excluding steroid dienone is 4. The van der Waals surface area contributed by atoms with Gasteiger partial charge in [0.1, 0.15) is 22.0 Å². The van der Waals surface area contributed by atoms with Crippen LogP contribution in [0.1, 0.15) is 46.8 Å². The van der Waals surface area contributed by atoms with Crippen LogP contribution in [0.3, 0.4) is 0 Å². The number of nitrogens with zero attached hydrogens (tertiary/aromatic N) is 1. The third-order valence-corrected chi connectivity index (χ3v) is 7.78. The van der Waals surface area contributed by atoms with Crippen LogP contribution in [-0.2, 0) is 14.8 Å². The van der Waals surface area contributed by atoms with E-state index in [0.717, 1.165) is 29.2 Å². The summed E-state index contributed by atoms with van der Waals surface area (Å²) in [5, 5.41) is 0.446. The summed E-state index contributed by atoms with van der Waals surface area (Å²) in [6, 6.07) is 12.1. The Hall–Kier alpha value is -3.95. The second-order valence-electron chi connectivity index (χ2n) is 9.39. The van der Waals surface area contributed by atoms with E-state index in [-0.39, 0.29) is 17.9 Å². The van der Waals surface area contributed by atoms with E-state index >= 15 is 0 Å². The lowest BCUT2D eigenvalue weighted by molar-refractivity contribution is -0.114. The van der Waals surface area contributed by atoms with Crippen LogP contribution in [0.4, 0.5) is 0 Å². The van der Waals surface area contributed by atoms with Crippen molar-refractivity contribution in [3.63, 3.8) is 0 Å². The molecule has 0 saturated heterocycles. The molecule has 0 bridgehead atoms. The minimum atomic E-state index is -4.43. The summed E-state index contributed by atoms with van der Waals surface area (Å²) in [6.07, 6.45) is 4.90. The average Bonchev–Trinajstić information content (AvgIpc) is 2.90. The van der Waals surface area contributed by atoms with Crippen LogP contribution in [0.15, 0.2) is 65.6 Å². The maximum Gasteiger partial charge on any atom is 0.270 e. The number of carbonyl (C=O) groups is 2. The van der Waals surface area contributed by atoms with E-state index in [9.17, 15) is 18.0 Å². The standard InChI is InChI=1S/C30H29ClN2O6S/c1-5-14-38-26-17-21(10-12-23(26)31)24-13-11-22(29(35)33-40(36,37)27-9-7-6-8-25(27)34)30(32-24)39-28-19(3)15-18(2)16-20(28)4/h6-7,9-13,15-17H,5,8,14H2,1-4H3,(H,33,35). The van der Waals surface area contributed by atoms with Crippen molar-refractivity contribution in [2.75, 3.05) is 6.61 Å². The van der Waals surface area contributed by atoms with Gasteiger partial charge in [-0.1, -0.05) is 54.4 Å². The number of hydrogen-bond donors (Lipinski definition) is 1. The van der Waals surface area contributed by atoms with Gasteiger partial charge in [-0.2, -0.15) is 0 Å². The maximum absolute atomic E-state index is 13.3. The van der Waals surface area contributed by atoms with E-state index in [1.54, 1.807) is 30.3 Å². The highest BCUT2D eigenvalue weighted by Crippen LogP contribution is 2.35. The lowest BCUT2D eigenvalue weighted by Gasteiger charge is -2.17. The molecule has 1 heterocycles. The van der Waals surface area contributed by atoms with Crippen LogP contribution in [-0.4, -0.2) is 31.7 Å². The second kappa shape index (κ2) is 12.1. The summed E-state index contributed by atoms with van der Waals surface area (Å²) in [7, 11) is -4.43. The Bertz CT molecular complexity index is 1640. The summed E-state index contributed by atoms with van der Waals surface area (Å²) in [5.74, 6) is -0.714. The Morgan fingerprint density at radius 3 is 2.48 bits per heavy atom. The molecule has 4 rings (SSSR count). The molecule has 0 fully saturated rings. The number of pyridine rings is 1. The number of halogens is 1. The van der Waals surface area contributed by atoms with E-state index in [1.807, 2.05) is 44.5 Å². The quantitative estimate of drug-likeness (QED) is 0.312. The van der Waals surface area contributed by atoms with Crippen molar-refractivity contribution in [1.29, 1.82) is 0 Å². The molecule has 0 atom stereocenters. The molecule has 0 saturated carbocycles. The highest BCUT2D eigenvalue weighted by molar-refractivity contribution is 7.95. The van der Waals surface area contributed by atoms with Gasteiger partial charge < -0.3 is 9.47 Å². The molecule has 8 nitrogen and oxygen atoms in total. The minimum absolute atomic E-state index is 0.0669. The third kappa shape index (κ3) is 6.43. The number of aryl methyl sites for hydroxylation is 3. The van der Waals surface area contributed by atoms with Crippen molar-refractivity contribution in [2.45, 2.75) is 40.5 Å². The van der Waals surface area contributed by atoms with Gasteiger partial charge in [-0.05, 0) is 68.7 Å². The number of rotatable bonds is 9. The van der Waals surface area contributed by atoms with Gasteiger partial charge in [0.05, 0.1) is 17.3 Å². The zero-order valence-electron chi connectivity index (χ0n) is 22.6. The van der Waals surface area contributed by atoms with Crippen LogP contribution in [0.25, 0.3) is 11.3 Å². The number of Topliss-reactive ketones (excluding diaryl/α,β-unsaturated/α-hetero) is 1. The molecule has 1 N–H and O–H groups in total. The number of carbonyl (C=O) groups excluding carboxylic acids is 2. The minimum Gasteiger partial charge on any atom is -0.492 e. The molecule has 1 aliphatic rings. The molecule has 0 aliphatic heterocycles. The first-order valence-corrected chi connectivity index (χ1v) is 14.5. The summed E-state index contributed by atoms with van der Waals surface area (Å²) >= 11 is 6.30. The third-order valence-electron chi connectivity index (χ3n) is 6.08. The summed E-state index contributed by atoms with van der Waals surface area (Å²) in [6.45, 7) is 8.17. The SMILES string of the molecule is CCCOc1cc(-c2ccc(C(=O)NS(=O)(=O)C3=CC=CCC3=O)c(Oc3c(C)cc(C)cc3C)n2)ccc1Cl. The summed E-state index contributed by atoms with van der Waals surface area (Å²) < 4.78 is 39.7. The molecule has 0 unspecified atom stereocenters. The first kappa shape index (κ1) is 29.0. The molecule has 1 aromatic heterocycles. The van der Waals surface area contributed by atoms with Gasteiger partial charge in [-0.3, -0.25) is 9.59 Å². The molecule has 10 heteroatoms. The van der Waals surface area contributed by atoms with Crippen LogP contribution < -0.4 is 14.2 Å². The number of ketones is 1. The lowest BCUT2D eigenvalue weighted by atomic mass is 10.1. The monoisotopic (exact) mass is 580 g/mol. The number of benzene rings is 2. The van der Waals surface area contributed by atoms with Crippen LogP contribution in [0.2, 0.25) is 5.02 Å². The van der Waals surface area contributed by atoms with Crippen LogP contribution in [0, 0.1) is 20.8 Å². The highest BCUT2D eigenvalue weighted by atomic mass is 35.5. The molecule has 1 aliphatic carbocycles. The molecule has 1 amide bonds. The van der Waals surface area contributed by atoms with Crippen molar-refractivity contribution >= 4 is 33.3 Å². The van der Waals surface area contributed by atoms with Crippen molar-refractivity contribution < 1.29 is 27.5 Å². The van der Waals surface area contributed by atoms with E-state index in [0.29, 0.717) is 34.4 Å². The predicted molar refractivity (Wildman–Crippen MR) is 154 cm³/mol. The van der Waals surface area contributed by atoms with Crippen LogP contribution >= 0.6 is 11.6 Å².